The second-order valence-electron chi connectivity index (χ2n) is 4.25. The van der Waals surface area contributed by atoms with Gasteiger partial charge in [-0.25, -0.2) is 0 Å². The van der Waals surface area contributed by atoms with E-state index in [0.717, 1.165) is 37.3 Å². The summed E-state index contributed by atoms with van der Waals surface area (Å²) in [5.41, 5.74) is 1.12. The van der Waals surface area contributed by atoms with Gasteiger partial charge in [0, 0.05) is 12.1 Å². The minimum Gasteiger partial charge on any atom is -0.491 e. The van der Waals surface area contributed by atoms with Crippen molar-refractivity contribution in [3.05, 3.63) is 28.8 Å². The zero-order valence-corrected chi connectivity index (χ0v) is 11.7. The van der Waals surface area contributed by atoms with Crippen LogP contribution in [0.5, 0.6) is 5.75 Å². The van der Waals surface area contributed by atoms with Crippen LogP contribution in [-0.2, 0) is 6.54 Å². The van der Waals surface area contributed by atoms with Gasteiger partial charge >= 0.3 is 0 Å². The Morgan fingerprint density at radius 1 is 1.29 bits per heavy atom. The second kappa shape index (κ2) is 7.57. The number of halogens is 1. The molecule has 0 saturated heterocycles. The molecule has 2 nitrogen and oxygen atoms in total. The van der Waals surface area contributed by atoms with Gasteiger partial charge in [-0.1, -0.05) is 50.4 Å². The number of benzene rings is 1. The number of nitrogens with one attached hydrogen (secondary N) is 1. The van der Waals surface area contributed by atoms with E-state index in [1.807, 2.05) is 25.2 Å². The molecule has 0 unspecified atom stereocenters. The second-order valence-corrected chi connectivity index (χ2v) is 4.66. The molecule has 0 amide bonds. The third-order valence-corrected chi connectivity index (χ3v) is 3.33. The Hall–Kier alpha value is -0.730. The summed E-state index contributed by atoms with van der Waals surface area (Å²) >= 11 is 6.18. The topological polar surface area (TPSA) is 21.3 Å². The molecule has 0 spiro atoms. The van der Waals surface area contributed by atoms with E-state index < -0.39 is 0 Å². The van der Waals surface area contributed by atoms with Crippen molar-refractivity contribution in [1.29, 1.82) is 0 Å². The molecule has 3 heteroatoms. The largest absolute Gasteiger partial charge is 0.491 e. The predicted octanol–water partition coefficient (Wildman–Crippen LogP) is 3.87. The van der Waals surface area contributed by atoms with E-state index in [-0.39, 0.29) is 0 Å². The molecule has 96 valence electrons. The molecule has 0 fully saturated rings. The van der Waals surface area contributed by atoms with E-state index in [4.69, 9.17) is 16.3 Å². The molecule has 0 heterocycles. The minimum atomic E-state index is 0.605. The van der Waals surface area contributed by atoms with Gasteiger partial charge in [-0.3, -0.25) is 0 Å². The quantitative estimate of drug-likeness (QED) is 0.799. The van der Waals surface area contributed by atoms with Crippen molar-refractivity contribution in [1.82, 2.24) is 5.32 Å². The summed E-state index contributed by atoms with van der Waals surface area (Å²) in [5, 5.41) is 3.83. The van der Waals surface area contributed by atoms with Gasteiger partial charge in [0.1, 0.15) is 5.75 Å². The lowest BCUT2D eigenvalue weighted by Gasteiger charge is -2.17. The third kappa shape index (κ3) is 4.21. The van der Waals surface area contributed by atoms with Crippen LogP contribution >= 0.6 is 11.6 Å². The highest BCUT2D eigenvalue weighted by atomic mass is 35.5. The van der Waals surface area contributed by atoms with Crippen molar-refractivity contribution >= 4 is 11.6 Å². The minimum absolute atomic E-state index is 0.605. The van der Waals surface area contributed by atoms with E-state index in [1.165, 1.54) is 0 Å². The Kier molecular flexibility index (Phi) is 6.38. The molecule has 1 rings (SSSR count). The average Bonchev–Trinajstić information content (AvgIpc) is 2.33. The van der Waals surface area contributed by atoms with Crippen molar-refractivity contribution in [2.75, 3.05) is 13.7 Å². The van der Waals surface area contributed by atoms with E-state index in [9.17, 15) is 0 Å². The molecule has 1 N–H and O–H groups in total. The van der Waals surface area contributed by atoms with Gasteiger partial charge in [-0.15, -0.1) is 0 Å². The summed E-state index contributed by atoms with van der Waals surface area (Å²) in [6.07, 6.45) is 2.28. The Labute approximate surface area is 109 Å². The fourth-order valence-corrected chi connectivity index (χ4v) is 2.02. The van der Waals surface area contributed by atoms with Gasteiger partial charge in [0.2, 0.25) is 0 Å². The predicted molar refractivity (Wildman–Crippen MR) is 73.8 cm³/mol. The number of rotatable bonds is 7. The molecular formula is C14H22ClNO. The lowest BCUT2D eigenvalue weighted by molar-refractivity contribution is 0.238. The number of ether oxygens (including phenoxy) is 1. The fraction of sp³-hybridized carbons (Fsp3) is 0.571. The summed E-state index contributed by atoms with van der Waals surface area (Å²) < 4.78 is 5.89. The van der Waals surface area contributed by atoms with Crippen LogP contribution in [0.2, 0.25) is 5.02 Å². The van der Waals surface area contributed by atoms with Gasteiger partial charge in [0.15, 0.2) is 0 Å². The van der Waals surface area contributed by atoms with E-state index >= 15 is 0 Å². The molecule has 0 aliphatic heterocycles. The number of hydrogen-bond acceptors (Lipinski definition) is 2. The highest BCUT2D eigenvalue weighted by molar-refractivity contribution is 6.32. The van der Waals surface area contributed by atoms with Gasteiger partial charge in [0.05, 0.1) is 11.6 Å². The first-order valence-corrected chi connectivity index (χ1v) is 6.65. The SMILES string of the molecule is CCC(CC)COc1c(Cl)cccc1CNC. The first kappa shape index (κ1) is 14.3. The third-order valence-electron chi connectivity index (χ3n) is 3.03. The van der Waals surface area contributed by atoms with Gasteiger partial charge < -0.3 is 10.1 Å². The maximum Gasteiger partial charge on any atom is 0.142 e. The van der Waals surface area contributed by atoms with Crippen molar-refractivity contribution in [3.8, 4) is 5.75 Å². The highest BCUT2D eigenvalue weighted by Gasteiger charge is 2.10. The number of para-hydroxylation sites is 1. The summed E-state index contributed by atoms with van der Waals surface area (Å²) in [6, 6.07) is 5.88. The van der Waals surface area contributed by atoms with Gasteiger partial charge in [-0.2, -0.15) is 0 Å². The lowest BCUT2D eigenvalue weighted by Crippen LogP contribution is -2.13. The van der Waals surface area contributed by atoms with Crippen LogP contribution in [0.1, 0.15) is 32.3 Å². The normalized spacial score (nSPS) is 10.9. The van der Waals surface area contributed by atoms with Gasteiger partial charge in [-0.05, 0) is 19.0 Å². The average molecular weight is 256 g/mol. The van der Waals surface area contributed by atoms with Crippen LogP contribution in [0.15, 0.2) is 18.2 Å². The van der Waals surface area contributed by atoms with Crippen LogP contribution in [0.3, 0.4) is 0 Å². The van der Waals surface area contributed by atoms with Crippen molar-refractivity contribution in [2.45, 2.75) is 33.2 Å². The highest BCUT2D eigenvalue weighted by Crippen LogP contribution is 2.29. The molecule has 0 atom stereocenters. The summed E-state index contributed by atoms with van der Waals surface area (Å²) in [5.74, 6) is 1.43. The van der Waals surface area contributed by atoms with Crippen molar-refractivity contribution in [3.63, 3.8) is 0 Å². The zero-order chi connectivity index (χ0) is 12.7. The van der Waals surface area contributed by atoms with Crippen LogP contribution in [0.25, 0.3) is 0 Å². The van der Waals surface area contributed by atoms with Crippen LogP contribution < -0.4 is 10.1 Å². The molecular weight excluding hydrogens is 234 g/mol. The van der Waals surface area contributed by atoms with Crippen LogP contribution in [-0.4, -0.2) is 13.7 Å². The molecule has 0 aliphatic carbocycles. The first-order valence-electron chi connectivity index (χ1n) is 6.27. The zero-order valence-electron chi connectivity index (χ0n) is 10.9. The standard InChI is InChI=1S/C14H22ClNO/c1-4-11(5-2)10-17-14-12(9-16-3)7-6-8-13(14)15/h6-8,11,16H,4-5,9-10H2,1-3H3. The molecule has 0 aliphatic rings. The monoisotopic (exact) mass is 255 g/mol. The Morgan fingerprint density at radius 3 is 2.59 bits per heavy atom. The lowest BCUT2D eigenvalue weighted by atomic mass is 10.1. The molecule has 0 radical (unpaired) electrons. The summed E-state index contributed by atoms with van der Waals surface area (Å²) in [4.78, 5) is 0. The number of hydrogen-bond donors (Lipinski definition) is 1. The molecule has 0 aromatic heterocycles. The maximum absolute atomic E-state index is 6.18. The van der Waals surface area contributed by atoms with E-state index in [0.29, 0.717) is 10.9 Å². The molecule has 0 saturated carbocycles. The fourth-order valence-electron chi connectivity index (χ4n) is 1.77. The van der Waals surface area contributed by atoms with Crippen molar-refractivity contribution < 1.29 is 4.74 Å². The van der Waals surface area contributed by atoms with Crippen molar-refractivity contribution in [2.24, 2.45) is 5.92 Å². The molecule has 1 aromatic rings. The van der Waals surface area contributed by atoms with E-state index in [2.05, 4.69) is 19.2 Å². The molecule has 0 bridgehead atoms. The Balaban J connectivity index is 2.74. The van der Waals surface area contributed by atoms with E-state index in [1.54, 1.807) is 0 Å². The smallest absolute Gasteiger partial charge is 0.142 e. The first-order chi connectivity index (χ1) is 8.22. The maximum atomic E-state index is 6.18. The van der Waals surface area contributed by atoms with Gasteiger partial charge in [0.25, 0.3) is 0 Å². The Bertz CT molecular complexity index is 337. The molecule has 17 heavy (non-hydrogen) atoms. The molecule has 1 aromatic carbocycles. The Morgan fingerprint density at radius 2 is 2.00 bits per heavy atom. The summed E-state index contributed by atoms with van der Waals surface area (Å²) in [7, 11) is 1.92. The van der Waals surface area contributed by atoms with Crippen LogP contribution in [0, 0.1) is 5.92 Å². The summed E-state index contributed by atoms with van der Waals surface area (Å²) in [6.45, 7) is 5.91. The van der Waals surface area contributed by atoms with Crippen LogP contribution in [0.4, 0.5) is 0 Å².